The number of hydrogen-bond acceptors (Lipinski definition) is 5. The second-order valence-corrected chi connectivity index (χ2v) is 6.22. The van der Waals surface area contributed by atoms with Crippen molar-refractivity contribution in [2.45, 2.75) is 11.3 Å². The third-order valence-electron chi connectivity index (χ3n) is 2.62. The Bertz CT molecular complexity index is 746. The maximum atomic E-state index is 12.1. The van der Waals surface area contributed by atoms with Gasteiger partial charge >= 0.3 is 0 Å². The van der Waals surface area contributed by atoms with Crippen molar-refractivity contribution in [2.75, 3.05) is 6.54 Å². The maximum Gasteiger partial charge on any atom is 0.290 e. The highest BCUT2D eigenvalue weighted by atomic mass is 35.5. The van der Waals surface area contributed by atoms with Crippen LogP contribution in [0, 0.1) is 10.1 Å². The molecule has 0 unspecified atom stereocenters. The van der Waals surface area contributed by atoms with Crippen LogP contribution in [0.2, 0.25) is 5.02 Å². The maximum absolute atomic E-state index is 12.1. The molecule has 0 aliphatic carbocycles. The van der Waals surface area contributed by atoms with Gasteiger partial charge in [0.05, 0.1) is 4.92 Å². The van der Waals surface area contributed by atoms with E-state index < -0.39 is 25.5 Å². The van der Waals surface area contributed by atoms with Gasteiger partial charge in [-0.25, -0.2) is 18.1 Å². The summed E-state index contributed by atoms with van der Waals surface area (Å²) in [5, 5.41) is 11.0. The Morgan fingerprint density at radius 2 is 2.19 bits per heavy atom. The predicted octanol–water partition coefficient (Wildman–Crippen LogP) is 1.49. The lowest BCUT2D eigenvalue weighted by atomic mass is 10.3. The number of aromatic amines is 1. The van der Waals surface area contributed by atoms with Crippen molar-refractivity contribution in [1.82, 2.24) is 14.7 Å². The van der Waals surface area contributed by atoms with Crippen molar-refractivity contribution in [3.63, 3.8) is 0 Å². The van der Waals surface area contributed by atoms with Crippen LogP contribution in [0.5, 0.6) is 0 Å². The fraction of sp³-hybridized carbons (Fsp3) is 0.182. The number of hydrogen-bond donors (Lipinski definition) is 2. The van der Waals surface area contributed by atoms with Gasteiger partial charge in [-0.2, -0.15) is 0 Å². The molecule has 0 aliphatic rings. The molecule has 0 saturated carbocycles. The first-order valence-electron chi connectivity index (χ1n) is 5.82. The van der Waals surface area contributed by atoms with Crippen LogP contribution < -0.4 is 4.72 Å². The smallest absolute Gasteiger partial charge is 0.290 e. The van der Waals surface area contributed by atoms with Gasteiger partial charge in [0.2, 0.25) is 10.0 Å². The van der Waals surface area contributed by atoms with E-state index in [1.165, 1.54) is 6.07 Å². The van der Waals surface area contributed by atoms with Gasteiger partial charge in [-0.05, 0) is 12.1 Å². The van der Waals surface area contributed by atoms with Gasteiger partial charge in [0.25, 0.3) is 5.69 Å². The highest BCUT2D eigenvalue weighted by Crippen LogP contribution is 2.26. The number of imidazole rings is 1. The van der Waals surface area contributed by atoms with Gasteiger partial charge in [-0.3, -0.25) is 10.1 Å². The summed E-state index contributed by atoms with van der Waals surface area (Å²) >= 11 is 5.65. The first-order valence-corrected chi connectivity index (χ1v) is 7.68. The monoisotopic (exact) mass is 330 g/mol. The molecule has 0 aliphatic heterocycles. The molecule has 0 radical (unpaired) electrons. The third kappa shape index (κ3) is 3.78. The standard InChI is InChI=1S/C11H11ClN4O4S/c12-8-1-2-10(9(7-8)16(17)18)21(19,20)15-4-3-11-13-5-6-14-11/h1-2,5-7,15H,3-4H2,(H,13,14). The summed E-state index contributed by atoms with van der Waals surface area (Å²) in [5.74, 6) is 0.614. The number of benzene rings is 1. The molecule has 0 amide bonds. The minimum Gasteiger partial charge on any atom is -0.349 e. The Hall–Kier alpha value is -1.97. The number of rotatable bonds is 6. The molecule has 1 heterocycles. The van der Waals surface area contributed by atoms with Crippen LogP contribution in [0.25, 0.3) is 0 Å². The fourth-order valence-electron chi connectivity index (χ4n) is 1.68. The van der Waals surface area contributed by atoms with Gasteiger partial charge in [-0.1, -0.05) is 11.6 Å². The molecule has 2 N–H and O–H groups in total. The van der Waals surface area contributed by atoms with Crippen LogP contribution in [0.15, 0.2) is 35.5 Å². The van der Waals surface area contributed by atoms with Crippen molar-refractivity contribution in [3.8, 4) is 0 Å². The van der Waals surface area contributed by atoms with Crippen LogP contribution in [0.1, 0.15) is 5.82 Å². The second-order valence-electron chi connectivity index (χ2n) is 4.05. The summed E-state index contributed by atoms with van der Waals surface area (Å²) in [5.41, 5.74) is -0.562. The molecule has 2 aromatic rings. The Labute approximate surface area is 125 Å². The summed E-state index contributed by atoms with van der Waals surface area (Å²) in [6.07, 6.45) is 3.51. The van der Waals surface area contributed by atoms with Crippen LogP contribution in [-0.2, 0) is 16.4 Å². The molecule has 10 heteroatoms. The number of sulfonamides is 1. The zero-order valence-corrected chi connectivity index (χ0v) is 12.2. The molecule has 0 bridgehead atoms. The van der Waals surface area contributed by atoms with E-state index in [-0.39, 0.29) is 11.6 Å². The van der Waals surface area contributed by atoms with E-state index in [0.29, 0.717) is 12.2 Å². The van der Waals surface area contributed by atoms with Crippen molar-refractivity contribution in [3.05, 3.63) is 51.6 Å². The summed E-state index contributed by atoms with van der Waals surface area (Å²) < 4.78 is 26.5. The van der Waals surface area contributed by atoms with Crippen LogP contribution in [0.3, 0.4) is 0 Å². The lowest BCUT2D eigenvalue weighted by Crippen LogP contribution is -2.26. The Morgan fingerprint density at radius 1 is 1.43 bits per heavy atom. The lowest BCUT2D eigenvalue weighted by molar-refractivity contribution is -0.387. The number of nitro groups is 1. The summed E-state index contributed by atoms with van der Waals surface area (Å²) in [7, 11) is -4.00. The third-order valence-corrected chi connectivity index (χ3v) is 4.36. The van der Waals surface area contributed by atoms with Crippen LogP contribution in [-0.4, -0.2) is 29.9 Å². The summed E-state index contributed by atoms with van der Waals surface area (Å²) in [6.45, 7) is 0.0651. The highest BCUT2D eigenvalue weighted by molar-refractivity contribution is 7.89. The van der Waals surface area contributed by atoms with Crippen molar-refractivity contribution < 1.29 is 13.3 Å². The molecular weight excluding hydrogens is 320 g/mol. The van der Waals surface area contributed by atoms with E-state index in [1.807, 2.05) is 0 Å². The molecule has 2 rings (SSSR count). The molecule has 0 spiro atoms. The summed E-state index contributed by atoms with van der Waals surface area (Å²) in [6, 6.07) is 3.40. The first-order chi connectivity index (χ1) is 9.90. The van der Waals surface area contributed by atoms with E-state index in [4.69, 9.17) is 11.6 Å². The van der Waals surface area contributed by atoms with Gasteiger partial charge in [0.1, 0.15) is 5.82 Å². The number of nitrogens with one attached hydrogen (secondary N) is 2. The number of halogens is 1. The second kappa shape index (κ2) is 6.20. The van der Waals surface area contributed by atoms with Crippen molar-refractivity contribution in [2.24, 2.45) is 0 Å². The van der Waals surface area contributed by atoms with Gasteiger partial charge in [0.15, 0.2) is 4.90 Å². The highest BCUT2D eigenvalue weighted by Gasteiger charge is 2.25. The minimum atomic E-state index is -4.00. The average molecular weight is 331 g/mol. The van der Waals surface area contributed by atoms with Gasteiger partial charge in [0, 0.05) is 36.4 Å². The molecule has 0 atom stereocenters. The molecular formula is C11H11ClN4O4S. The zero-order chi connectivity index (χ0) is 15.5. The average Bonchev–Trinajstić information content (AvgIpc) is 2.91. The van der Waals surface area contributed by atoms with Crippen molar-refractivity contribution >= 4 is 27.3 Å². The first kappa shape index (κ1) is 15.4. The summed E-state index contributed by atoms with van der Waals surface area (Å²) in [4.78, 5) is 16.5. The number of nitro benzene ring substituents is 1. The minimum absolute atomic E-state index is 0.0651. The number of aromatic nitrogens is 2. The number of nitrogens with zero attached hydrogens (tertiary/aromatic N) is 2. The number of H-pyrrole nitrogens is 1. The van der Waals surface area contributed by atoms with E-state index in [0.717, 1.165) is 12.1 Å². The molecule has 0 fully saturated rings. The quantitative estimate of drug-likeness (QED) is 0.614. The molecule has 8 nitrogen and oxygen atoms in total. The Balaban J connectivity index is 2.17. The van der Waals surface area contributed by atoms with Crippen LogP contribution in [0.4, 0.5) is 5.69 Å². The van der Waals surface area contributed by atoms with E-state index in [9.17, 15) is 18.5 Å². The Kier molecular flexibility index (Phi) is 4.56. The van der Waals surface area contributed by atoms with Gasteiger partial charge < -0.3 is 4.98 Å². The SMILES string of the molecule is O=[N+]([O-])c1cc(Cl)ccc1S(=O)(=O)NCCc1ncc[nH]1. The Morgan fingerprint density at radius 3 is 2.81 bits per heavy atom. The molecule has 21 heavy (non-hydrogen) atoms. The van der Waals surface area contributed by atoms with Gasteiger partial charge in [-0.15, -0.1) is 0 Å². The van der Waals surface area contributed by atoms with E-state index in [1.54, 1.807) is 12.4 Å². The zero-order valence-electron chi connectivity index (χ0n) is 10.6. The van der Waals surface area contributed by atoms with Crippen molar-refractivity contribution in [1.29, 1.82) is 0 Å². The topological polar surface area (TPSA) is 118 Å². The molecule has 1 aromatic carbocycles. The largest absolute Gasteiger partial charge is 0.349 e. The molecule has 1 aromatic heterocycles. The molecule has 112 valence electrons. The normalized spacial score (nSPS) is 11.5. The molecule has 0 saturated heterocycles. The van der Waals surface area contributed by atoms with E-state index >= 15 is 0 Å². The predicted molar refractivity (Wildman–Crippen MR) is 75.6 cm³/mol. The van der Waals surface area contributed by atoms with Crippen LogP contribution >= 0.6 is 11.6 Å². The lowest BCUT2D eigenvalue weighted by Gasteiger charge is -2.07. The fourth-order valence-corrected chi connectivity index (χ4v) is 3.03. The van der Waals surface area contributed by atoms with E-state index in [2.05, 4.69) is 14.7 Å².